The van der Waals surface area contributed by atoms with Gasteiger partial charge in [-0.05, 0) is 34.5 Å². The van der Waals surface area contributed by atoms with Gasteiger partial charge < -0.3 is 15.9 Å². The summed E-state index contributed by atoms with van der Waals surface area (Å²) in [5, 5.41) is 18.2. The molecule has 0 aromatic heterocycles. The Hall–Kier alpha value is -0.650. The summed E-state index contributed by atoms with van der Waals surface area (Å²) in [6, 6.07) is 1.92. The smallest absolute Gasteiger partial charge is 0.137 e. The Bertz CT molecular complexity index is 333. The summed E-state index contributed by atoms with van der Waals surface area (Å²) < 4.78 is 13.7. The van der Waals surface area contributed by atoms with Crippen molar-refractivity contribution in [3.05, 3.63) is 28.0 Å². The van der Waals surface area contributed by atoms with Crippen LogP contribution in [0.1, 0.15) is 18.0 Å². The molecule has 1 unspecified atom stereocenters. The molecule has 0 aliphatic heterocycles. The van der Waals surface area contributed by atoms with Crippen LogP contribution in [-0.4, -0.2) is 16.8 Å². The summed E-state index contributed by atoms with van der Waals surface area (Å²) in [5.74, 6) is -0.766. The first-order valence-electron chi connectivity index (χ1n) is 4.11. The minimum atomic E-state index is -0.697. The van der Waals surface area contributed by atoms with Crippen molar-refractivity contribution in [1.82, 2.24) is 0 Å². The number of aromatic hydroxyl groups is 1. The van der Waals surface area contributed by atoms with Crippen molar-refractivity contribution in [3.63, 3.8) is 0 Å². The van der Waals surface area contributed by atoms with E-state index in [2.05, 4.69) is 15.9 Å². The van der Waals surface area contributed by atoms with Crippen LogP contribution in [0.2, 0.25) is 0 Å². The fourth-order valence-corrected chi connectivity index (χ4v) is 1.54. The van der Waals surface area contributed by atoms with Crippen molar-refractivity contribution in [2.45, 2.75) is 12.5 Å². The van der Waals surface area contributed by atoms with Gasteiger partial charge >= 0.3 is 0 Å². The molecule has 1 atom stereocenters. The predicted octanol–water partition coefficient (Wildman–Crippen LogP) is 1.68. The molecule has 0 aliphatic carbocycles. The normalized spacial score (nSPS) is 12.9. The minimum Gasteiger partial charge on any atom is -0.506 e. The molecule has 3 nitrogen and oxygen atoms in total. The first-order valence-corrected chi connectivity index (χ1v) is 4.90. The molecule has 0 aliphatic rings. The molecule has 14 heavy (non-hydrogen) atoms. The number of phenolic OH excluding ortho intramolecular Hbond substituents is 1. The van der Waals surface area contributed by atoms with Crippen LogP contribution in [0.4, 0.5) is 4.39 Å². The quantitative estimate of drug-likeness (QED) is 0.778. The molecular formula is C9H11BrFNO2. The van der Waals surface area contributed by atoms with Crippen LogP contribution in [0.25, 0.3) is 0 Å². The van der Waals surface area contributed by atoms with Gasteiger partial charge in [0.05, 0.1) is 4.47 Å². The van der Waals surface area contributed by atoms with Crippen molar-refractivity contribution in [3.8, 4) is 5.75 Å². The van der Waals surface area contributed by atoms with E-state index in [1.54, 1.807) is 0 Å². The van der Waals surface area contributed by atoms with Crippen molar-refractivity contribution in [2.75, 3.05) is 6.61 Å². The summed E-state index contributed by atoms with van der Waals surface area (Å²) in [6.45, 7) is -0.146. The minimum absolute atomic E-state index is 0.0356. The zero-order valence-electron chi connectivity index (χ0n) is 7.37. The monoisotopic (exact) mass is 263 g/mol. The number of nitrogens with two attached hydrogens (primary N) is 1. The van der Waals surface area contributed by atoms with E-state index < -0.39 is 11.9 Å². The number of hydrogen-bond acceptors (Lipinski definition) is 3. The van der Waals surface area contributed by atoms with Gasteiger partial charge in [-0.1, -0.05) is 0 Å². The van der Waals surface area contributed by atoms with Gasteiger partial charge in [0.25, 0.3) is 0 Å². The topological polar surface area (TPSA) is 66.5 Å². The Morgan fingerprint density at radius 1 is 1.50 bits per heavy atom. The van der Waals surface area contributed by atoms with E-state index in [0.29, 0.717) is 4.47 Å². The van der Waals surface area contributed by atoms with Crippen LogP contribution in [0.5, 0.6) is 5.75 Å². The standard InChI is InChI=1S/C9H11BrFNO2/c10-5-1-2-6(11)8(9(5)14)7(12)3-4-13/h1-2,7,13-14H,3-4,12H2. The lowest BCUT2D eigenvalue weighted by Gasteiger charge is -2.14. The number of halogens is 2. The van der Waals surface area contributed by atoms with Gasteiger partial charge in [0, 0.05) is 18.2 Å². The number of hydrogen-bond donors (Lipinski definition) is 3. The second-order valence-electron chi connectivity index (χ2n) is 2.91. The molecule has 0 heterocycles. The third-order valence-corrected chi connectivity index (χ3v) is 2.57. The zero-order chi connectivity index (χ0) is 10.7. The van der Waals surface area contributed by atoms with Gasteiger partial charge in [0.1, 0.15) is 11.6 Å². The van der Waals surface area contributed by atoms with Gasteiger partial charge in [0.2, 0.25) is 0 Å². The molecule has 78 valence electrons. The Balaban J connectivity index is 3.11. The second-order valence-corrected chi connectivity index (χ2v) is 3.76. The summed E-state index contributed by atoms with van der Waals surface area (Å²) in [4.78, 5) is 0. The fraction of sp³-hybridized carbons (Fsp3) is 0.333. The molecule has 4 N–H and O–H groups in total. The molecule has 0 saturated heterocycles. The summed E-state index contributed by atoms with van der Waals surface area (Å²) in [7, 11) is 0. The molecule has 0 spiro atoms. The third kappa shape index (κ3) is 2.23. The van der Waals surface area contributed by atoms with Crippen LogP contribution in [0.15, 0.2) is 16.6 Å². The van der Waals surface area contributed by atoms with E-state index in [9.17, 15) is 9.50 Å². The molecule has 0 radical (unpaired) electrons. The Morgan fingerprint density at radius 2 is 2.14 bits per heavy atom. The molecule has 0 fully saturated rings. The predicted molar refractivity (Wildman–Crippen MR) is 54.4 cm³/mol. The third-order valence-electron chi connectivity index (χ3n) is 1.93. The van der Waals surface area contributed by atoms with E-state index in [1.807, 2.05) is 0 Å². The van der Waals surface area contributed by atoms with E-state index >= 15 is 0 Å². The van der Waals surface area contributed by atoms with Gasteiger partial charge in [-0.15, -0.1) is 0 Å². The van der Waals surface area contributed by atoms with Gasteiger partial charge in [-0.3, -0.25) is 0 Å². The highest BCUT2D eigenvalue weighted by Gasteiger charge is 2.17. The molecule has 1 rings (SSSR count). The van der Waals surface area contributed by atoms with Crippen LogP contribution in [-0.2, 0) is 0 Å². The number of benzene rings is 1. The van der Waals surface area contributed by atoms with Gasteiger partial charge in [-0.25, -0.2) is 4.39 Å². The van der Waals surface area contributed by atoms with Crippen LogP contribution in [0.3, 0.4) is 0 Å². The fourth-order valence-electron chi connectivity index (χ4n) is 1.19. The highest BCUT2D eigenvalue weighted by Crippen LogP contribution is 2.33. The maximum Gasteiger partial charge on any atom is 0.137 e. The van der Waals surface area contributed by atoms with Crippen LogP contribution in [0, 0.1) is 5.82 Å². The largest absolute Gasteiger partial charge is 0.506 e. The Morgan fingerprint density at radius 3 is 2.71 bits per heavy atom. The maximum atomic E-state index is 13.3. The second kappa shape index (κ2) is 4.72. The maximum absolute atomic E-state index is 13.3. The average molecular weight is 264 g/mol. The summed E-state index contributed by atoms with van der Waals surface area (Å²) in [5.41, 5.74) is 5.63. The highest BCUT2D eigenvalue weighted by atomic mass is 79.9. The first-order chi connectivity index (χ1) is 6.57. The molecule has 1 aromatic carbocycles. The van der Waals surface area contributed by atoms with Crippen molar-refractivity contribution >= 4 is 15.9 Å². The molecule has 5 heteroatoms. The van der Waals surface area contributed by atoms with Crippen molar-refractivity contribution in [1.29, 1.82) is 0 Å². The lowest BCUT2D eigenvalue weighted by Crippen LogP contribution is -2.14. The van der Waals surface area contributed by atoms with Gasteiger partial charge in [0.15, 0.2) is 0 Å². The zero-order valence-corrected chi connectivity index (χ0v) is 8.96. The average Bonchev–Trinajstić information content (AvgIpc) is 2.13. The highest BCUT2D eigenvalue weighted by molar-refractivity contribution is 9.10. The number of aliphatic hydroxyl groups is 1. The number of aliphatic hydroxyl groups excluding tert-OH is 1. The first kappa shape index (κ1) is 11.4. The molecule has 1 aromatic rings. The molecule has 0 amide bonds. The van der Waals surface area contributed by atoms with Gasteiger partial charge in [-0.2, -0.15) is 0 Å². The Labute approximate surface area is 89.5 Å². The Kier molecular flexibility index (Phi) is 3.86. The number of rotatable bonds is 3. The summed E-state index contributed by atoms with van der Waals surface area (Å²) in [6.07, 6.45) is 0.209. The number of phenols is 1. The lowest BCUT2D eigenvalue weighted by molar-refractivity contribution is 0.274. The van der Waals surface area contributed by atoms with Crippen molar-refractivity contribution in [2.24, 2.45) is 5.73 Å². The van der Waals surface area contributed by atoms with Crippen LogP contribution >= 0.6 is 15.9 Å². The van der Waals surface area contributed by atoms with Crippen LogP contribution < -0.4 is 5.73 Å². The summed E-state index contributed by atoms with van der Waals surface area (Å²) >= 11 is 3.06. The molecule has 0 saturated carbocycles. The van der Waals surface area contributed by atoms with E-state index in [-0.39, 0.29) is 24.3 Å². The SMILES string of the molecule is NC(CCO)c1c(F)ccc(Br)c1O. The lowest BCUT2D eigenvalue weighted by atomic mass is 10.0. The van der Waals surface area contributed by atoms with E-state index in [1.165, 1.54) is 12.1 Å². The molecular weight excluding hydrogens is 253 g/mol. The van der Waals surface area contributed by atoms with E-state index in [0.717, 1.165) is 0 Å². The molecule has 0 bridgehead atoms. The van der Waals surface area contributed by atoms with E-state index in [4.69, 9.17) is 10.8 Å². The van der Waals surface area contributed by atoms with Crippen molar-refractivity contribution < 1.29 is 14.6 Å².